The molecule has 0 saturated carbocycles. The van der Waals surface area contributed by atoms with Gasteiger partial charge in [0.25, 0.3) is 5.91 Å². The van der Waals surface area contributed by atoms with E-state index in [1.54, 1.807) is 24.3 Å². The molecule has 2 heterocycles. The third-order valence-corrected chi connectivity index (χ3v) is 6.10. The van der Waals surface area contributed by atoms with Gasteiger partial charge in [0.15, 0.2) is 0 Å². The molecule has 1 saturated heterocycles. The molecule has 30 heavy (non-hydrogen) atoms. The molecule has 0 radical (unpaired) electrons. The van der Waals surface area contributed by atoms with Gasteiger partial charge in [-0.3, -0.25) is 9.59 Å². The highest BCUT2D eigenvalue weighted by Gasteiger charge is 2.22. The lowest BCUT2D eigenvalue weighted by atomic mass is 10.1. The predicted octanol–water partition coefficient (Wildman–Crippen LogP) is 3.53. The van der Waals surface area contributed by atoms with E-state index in [1.807, 2.05) is 24.3 Å². The first-order chi connectivity index (χ1) is 14.6. The van der Waals surface area contributed by atoms with Crippen LogP contribution in [0, 0.1) is 0 Å². The van der Waals surface area contributed by atoms with Gasteiger partial charge in [0.1, 0.15) is 0 Å². The fourth-order valence-corrected chi connectivity index (χ4v) is 4.55. The number of thiophene rings is 1. The van der Waals surface area contributed by atoms with Crippen molar-refractivity contribution in [2.24, 2.45) is 5.73 Å². The van der Waals surface area contributed by atoms with E-state index in [0.29, 0.717) is 23.8 Å². The highest BCUT2D eigenvalue weighted by molar-refractivity contribution is 7.18. The molecule has 3 aromatic rings. The van der Waals surface area contributed by atoms with Gasteiger partial charge in [0, 0.05) is 24.3 Å². The van der Waals surface area contributed by atoms with Crippen molar-refractivity contribution in [3.8, 4) is 11.1 Å². The molecule has 1 aromatic heterocycles. The van der Waals surface area contributed by atoms with Crippen molar-refractivity contribution in [2.75, 3.05) is 36.5 Å². The summed E-state index contributed by atoms with van der Waals surface area (Å²) in [4.78, 5) is 26.9. The Labute approximate surface area is 179 Å². The van der Waals surface area contributed by atoms with Crippen molar-refractivity contribution in [3.63, 3.8) is 0 Å². The number of hydrogen-bond donors (Lipinski definition) is 2. The number of carbonyl (C=O) groups excluding carboxylic acids is 2. The molecule has 3 N–H and O–H groups in total. The van der Waals surface area contributed by atoms with Crippen LogP contribution in [0.3, 0.4) is 0 Å². The Kier molecular flexibility index (Phi) is 6.11. The summed E-state index contributed by atoms with van der Waals surface area (Å²) in [6, 6.07) is 19.2. The van der Waals surface area contributed by atoms with E-state index in [1.165, 1.54) is 11.3 Å². The van der Waals surface area contributed by atoms with E-state index in [4.69, 9.17) is 10.5 Å². The van der Waals surface area contributed by atoms with Gasteiger partial charge < -0.3 is 20.7 Å². The van der Waals surface area contributed by atoms with Crippen molar-refractivity contribution < 1.29 is 14.3 Å². The first kappa shape index (κ1) is 20.1. The SMILES string of the molecule is NC(=O)Cc1ccc(NC(=O)c2cc(-c3ccccc3)c(N3CCOCC3)s2)cc1. The standard InChI is InChI=1S/C23H23N3O3S/c24-21(27)14-16-6-8-18(9-7-16)25-22(28)20-15-19(17-4-2-1-3-5-17)23(30-20)26-10-12-29-13-11-26/h1-9,15H,10-14H2,(H2,24,27)(H,25,28). The quantitative estimate of drug-likeness (QED) is 0.638. The van der Waals surface area contributed by atoms with Crippen molar-refractivity contribution in [2.45, 2.75) is 6.42 Å². The summed E-state index contributed by atoms with van der Waals surface area (Å²) in [5.74, 6) is -0.534. The Hall–Kier alpha value is -3.16. The highest BCUT2D eigenvalue weighted by Crippen LogP contribution is 2.39. The second-order valence-corrected chi connectivity index (χ2v) is 8.12. The molecule has 154 valence electrons. The van der Waals surface area contributed by atoms with Crippen molar-refractivity contribution in [1.29, 1.82) is 0 Å². The summed E-state index contributed by atoms with van der Waals surface area (Å²) in [5, 5.41) is 4.04. The van der Waals surface area contributed by atoms with Gasteiger partial charge in [-0.1, -0.05) is 42.5 Å². The van der Waals surface area contributed by atoms with Crippen molar-refractivity contribution in [1.82, 2.24) is 0 Å². The number of benzene rings is 2. The van der Waals surface area contributed by atoms with E-state index in [0.717, 1.165) is 34.8 Å². The van der Waals surface area contributed by atoms with Gasteiger partial charge in [-0.05, 0) is 29.3 Å². The summed E-state index contributed by atoms with van der Waals surface area (Å²) in [5.41, 5.74) is 8.87. The number of nitrogens with zero attached hydrogens (tertiary/aromatic N) is 1. The first-order valence-corrected chi connectivity index (χ1v) is 10.6. The van der Waals surface area contributed by atoms with Gasteiger partial charge in [0.05, 0.1) is 29.5 Å². The fraction of sp³-hybridized carbons (Fsp3) is 0.217. The zero-order chi connectivity index (χ0) is 20.9. The van der Waals surface area contributed by atoms with Crippen LogP contribution in [0.4, 0.5) is 10.7 Å². The van der Waals surface area contributed by atoms with Crippen LogP contribution in [0.15, 0.2) is 60.7 Å². The average molecular weight is 422 g/mol. The fourth-order valence-electron chi connectivity index (χ4n) is 3.42. The van der Waals surface area contributed by atoms with Crippen LogP contribution in [-0.2, 0) is 16.0 Å². The average Bonchev–Trinajstić information content (AvgIpc) is 3.22. The second kappa shape index (κ2) is 9.11. The van der Waals surface area contributed by atoms with Crippen molar-refractivity contribution >= 4 is 33.8 Å². The molecule has 1 aliphatic rings. The summed E-state index contributed by atoms with van der Waals surface area (Å²) in [6.45, 7) is 2.99. The molecule has 1 aliphatic heterocycles. The molecule has 0 bridgehead atoms. The minimum atomic E-state index is -0.380. The highest BCUT2D eigenvalue weighted by atomic mass is 32.1. The van der Waals surface area contributed by atoms with Gasteiger partial charge in [-0.25, -0.2) is 0 Å². The Morgan fingerprint density at radius 1 is 1.03 bits per heavy atom. The number of carbonyl (C=O) groups is 2. The van der Waals surface area contributed by atoms with E-state index >= 15 is 0 Å². The maximum atomic E-state index is 12.9. The summed E-state index contributed by atoms with van der Waals surface area (Å²) >= 11 is 1.50. The zero-order valence-electron chi connectivity index (χ0n) is 16.5. The molecule has 1 fully saturated rings. The van der Waals surface area contributed by atoms with Gasteiger partial charge >= 0.3 is 0 Å². The third kappa shape index (κ3) is 4.69. The van der Waals surface area contributed by atoms with E-state index < -0.39 is 0 Å². The molecule has 7 heteroatoms. The molecule has 0 spiro atoms. The number of morpholine rings is 1. The number of nitrogens with one attached hydrogen (secondary N) is 1. The summed E-state index contributed by atoms with van der Waals surface area (Å²) in [7, 11) is 0. The molecular formula is C23H23N3O3S. The molecule has 4 rings (SSSR count). The number of rotatable bonds is 6. The van der Waals surface area contributed by atoms with Crippen LogP contribution >= 0.6 is 11.3 Å². The first-order valence-electron chi connectivity index (χ1n) is 9.81. The lowest BCUT2D eigenvalue weighted by Crippen LogP contribution is -2.35. The lowest BCUT2D eigenvalue weighted by molar-refractivity contribution is -0.117. The maximum Gasteiger partial charge on any atom is 0.265 e. The molecular weight excluding hydrogens is 398 g/mol. The van der Waals surface area contributed by atoms with Crippen LogP contribution in [0.25, 0.3) is 11.1 Å². The number of nitrogens with two attached hydrogens (primary N) is 1. The molecule has 0 aliphatic carbocycles. The van der Waals surface area contributed by atoms with Crippen molar-refractivity contribution in [3.05, 3.63) is 71.1 Å². The Morgan fingerprint density at radius 2 is 1.73 bits per heavy atom. The third-order valence-electron chi connectivity index (χ3n) is 4.91. The van der Waals surface area contributed by atoms with Crippen LogP contribution in [0.5, 0.6) is 0 Å². The summed E-state index contributed by atoms with van der Waals surface area (Å²) in [6.07, 6.45) is 0.183. The molecule has 6 nitrogen and oxygen atoms in total. The smallest absolute Gasteiger partial charge is 0.265 e. The van der Waals surface area contributed by atoms with Crippen LogP contribution in [-0.4, -0.2) is 38.1 Å². The minimum absolute atomic E-state index is 0.153. The van der Waals surface area contributed by atoms with Gasteiger partial charge in [-0.2, -0.15) is 0 Å². The van der Waals surface area contributed by atoms with E-state index in [2.05, 4.69) is 22.3 Å². The molecule has 2 aromatic carbocycles. The van der Waals surface area contributed by atoms with E-state index in [9.17, 15) is 9.59 Å². The Balaban J connectivity index is 1.58. The molecule has 0 unspecified atom stereocenters. The Morgan fingerprint density at radius 3 is 2.40 bits per heavy atom. The second-order valence-electron chi connectivity index (χ2n) is 7.09. The normalized spacial score (nSPS) is 13.8. The largest absolute Gasteiger partial charge is 0.378 e. The Bertz CT molecular complexity index is 1030. The van der Waals surface area contributed by atoms with Crippen LogP contribution < -0.4 is 16.0 Å². The predicted molar refractivity (Wildman–Crippen MR) is 120 cm³/mol. The summed E-state index contributed by atoms with van der Waals surface area (Å²) < 4.78 is 5.49. The monoisotopic (exact) mass is 421 g/mol. The van der Waals surface area contributed by atoms with E-state index in [-0.39, 0.29) is 18.2 Å². The van der Waals surface area contributed by atoms with Gasteiger partial charge in [0.2, 0.25) is 5.91 Å². The molecule has 2 amide bonds. The molecule has 0 atom stereocenters. The number of primary amides is 1. The maximum absolute atomic E-state index is 12.9. The number of ether oxygens (including phenoxy) is 1. The number of anilines is 2. The lowest BCUT2D eigenvalue weighted by Gasteiger charge is -2.28. The number of hydrogen-bond acceptors (Lipinski definition) is 5. The zero-order valence-corrected chi connectivity index (χ0v) is 17.3. The van der Waals surface area contributed by atoms with Crippen LogP contribution in [0.1, 0.15) is 15.2 Å². The minimum Gasteiger partial charge on any atom is -0.378 e. The topological polar surface area (TPSA) is 84.7 Å². The van der Waals surface area contributed by atoms with Crippen LogP contribution in [0.2, 0.25) is 0 Å². The number of amides is 2. The van der Waals surface area contributed by atoms with Gasteiger partial charge in [-0.15, -0.1) is 11.3 Å².